The number of hydrogen-bond acceptors (Lipinski definition) is 3. The molecule has 0 saturated heterocycles. The highest BCUT2D eigenvalue weighted by Crippen LogP contribution is 2.37. The maximum Gasteiger partial charge on any atom is 0.338 e. The molecule has 1 atom stereocenters. The van der Waals surface area contributed by atoms with Gasteiger partial charge in [0.1, 0.15) is 4.90 Å². The smallest absolute Gasteiger partial charge is 0.338 e. The fourth-order valence-corrected chi connectivity index (χ4v) is 3.97. The van der Waals surface area contributed by atoms with Crippen LogP contribution in [0.1, 0.15) is 30.1 Å². The molecule has 0 aromatic heterocycles. The maximum absolute atomic E-state index is 14.2. The summed E-state index contributed by atoms with van der Waals surface area (Å²) in [4.78, 5) is 10.3. The lowest BCUT2D eigenvalue weighted by Gasteiger charge is -2.24. The van der Waals surface area contributed by atoms with E-state index in [0.29, 0.717) is 0 Å². The van der Waals surface area contributed by atoms with Gasteiger partial charge in [-0.3, -0.25) is 0 Å². The van der Waals surface area contributed by atoms with Gasteiger partial charge in [-0.05, 0) is 37.8 Å². The van der Waals surface area contributed by atoms with Gasteiger partial charge in [-0.1, -0.05) is 11.6 Å². The van der Waals surface area contributed by atoms with E-state index < -0.39 is 32.3 Å². The lowest BCUT2D eigenvalue weighted by atomic mass is 10.2. The van der Waals surface area contributed by atoms with Crippen molar-refractivity contribution in [1.29, 1.82) is 0 Å². The van der Waals surface area contributed by atoms with Crippen LogP contribution in [0.15, 0.2) is 17.0 Å². The van der Waals surface area contributed by atoms with Gasteiger partial charge in [0.05, 0.1) is 5.56 Å². The zero-order valence-corrected chi connectivity index (χ0v) is 13.1. The third-order valence-electron chi connectivity index (χ3n) is 3.77. The van der Waals surface area contributed by atoms with Gasteiger partial charge >= 0.3 is 5.97 Å². The number of benzene rings is 1. The molecule has 0 aliphatic heterocycles. The number of sulfonamides is 1. The van der Waals surface area contributed by atoms with E-state index in [1.807, 2.05) is 0 Å². The molecule has 116 valence electrons. The second-order valence-electron chi connectivity index (χ2n) is 5.17. The molecule has 0 heterocycles. The molecule has 1 aliphatic carbocycles. The van der Waals surface area contributed by atoms with Gasteiger partial charge in [0.2, 0.25) is 10.0 Å². The topological polar surface area (TPSA) is 74.7 Å². The molecule has 2 rings (SSSR count). The summed E-state index contributed by atoms with van der Waals surface area (Å²) in [7, 11) is -2.78. The minimum atomic E-state index is -4.14. The monoisotopic (exact) mass is 335 g/mol. The fourth-order valence-electron chi connectivity index (χ4n) is 2.16. The third kappa shape index (κ3) is 3.04. The Hall–Kier alpha value is -1.18. The SMILES string of the molecule is CC(C1CC1)N(C)S(=O)(=O)c1cc(Cl)cc(C(=O)O)c1F. The Kier molecular flexibility index (Phi) is 4.28. The van der Waals surface area contributed by atoms with Gasteiger partial charge in [0.15, 0.2) is 5.82 Å². The number of aromatic carboxylic acids is 1. The number of carboxylic acids is 1. The Labute approximate surface area is 127 Å². The number of carbonyl (C=O) groups is 1. The summed E-state index contributed by atoms with van der Waals surface area (Å²) in [5.41, 5.74) is -0.756. The molecule has 0 amide bonds. The van der Waals surface area contributed by atoms with Crippen molar-refractivity contribution in [3.63, 3.8) is 0 Å². The van der Waals surface area contributed by atoms with Crippen LogP contribution in [0.3, 0.4) is 0 Å². The van der Waals surface area contributed by atoms with Gasteiger partial charge in [-0.2, -0.15) is 4.31 Å². The van der Waals surface area contributed by atoms with Crippen molar-refractivity contribution in [2.45, 2.75) is 30.7 Å². The highest BCUT2D eigenvalue weighted by atomic mass is 35.5. The van der Waals surface area contributed by atoms with Crippen molar-refractivity contribution in [2.75, 3.05) is 7.05 Å². The number of rotatable bonds is 5. The van der Waals surface area contributed by atoms with Crippen molar-refractivity contribution < 1.29 is 22.7 Å². The Morgan fingerprint density at radius 1 is 1.48 bits per heavy atom. The van der Waals surface area contributed by atoms with E-state index in [9.17, 15) is 17.6 Å². The summed E-state index contributed by atoms with van der Waals surface area (Å²) in [6.45, 7) is 1.75. The van der Waals surface area contributed by atoms with E-state index in [1.165, 1.54) is 7.05 Å². The van der Waals surface area contributed by atoms with Gasteiger partial charge in [-0.15, -0.1) is 0 Å². The fraction of sp³-hybridized carbons (Fsp3) is 0.462. The van der Waals surface area contributed by atoms with E-state index in [0.717, 1.165) is 29.3 Å². The van der Waals surface area contributed by atoms with Crippen LogP contribution in [-0.2, 0) is 10.0 Å². The predicted octanol–water partition coefficient (Wildman–Crippen LogP) is 2.60. The summed E-state index contributed by atoms with van der Waals surface area (Å²) in [6, 6.07) is 1.55. The van der Waals surface area contributed by atoms with E-state index in [1.54, 1.807) is 6.92 Å². The standard InChI is InChI=1S/C13H15ClFNO4S/c1-7(8-3-4-8)16(2)21(19,20)11-6-9(14)5-10(12(11)15)13(17)18/h5-8H,3-4H2,1-2H3,(H,17,18). The number of carboxylic acid groups (broad SMARTS) is 1. The summed E-state index contributed by atoms with van der Waals surface area (Å²) in [6.07, 6.45) is 1.86. The third-order valence-corrected chi connectivity index (χ3v) is 5.93. The molecule has 0 radical (unpaired) electrons. The first-order chi connectivity index (χ1) is 9.66. The first kappa shape index (κ1) is 16.2. The normalized spacial score (nSPS) is 17.0. The number of hydrogen-bond donors (Lipinski definition) is 1. The molecule has 1 aromatic rings. The molecule has 5 nitrogen and oxygen atoms in total. The quantitative estimate of drug-likeness (QED) is 0.897. The Morgan fingerprint density at radius 2 is 2.05 bits per heavy atom. The molecule has 0 spiro atoms. The van der Waals surface area contributed by atoms with Gasteiger partial charge in [-0.25, -0.2) is 17.6 Å². The second kappa shape index (κ2) is 5.55. The molecule has 1 saturated carbocycles. The minimum Gasteiger partial charge on any atom is -0.478 e. The Balaban J connectivity index is 2.51. The molecule has 8 heteroatoms. The second-order valence-corrected chi connectivity index (χ2v) is 7.57. The van der Waals surface area contributed by atoms with Crippen LogP contribution >= 0.6 is 11.6 Å². The predicted molar refractivity (Wildman–Crippen MR) is 75.5 cm³/mol. The summed E-state index contributed by atoms with van der Waals surface area (Å²) < 4.78 is 40.2. The zero-order chi connectivity index (χ0) is 15.9. The number of nitrogens with zero attached hydrogens (tertiary/aromatic N) is 1. The molecular weight excluding hydrogens is 321 g/mol. The molecule has 1 N–H and O–H groups in total. The van der Waals surface area contributed by atoms with Crippen LogP contribution in [-0.4, -0.2) is 36.9 Å². The van der Waals surface area contributed by atoms with E-state index in [2.05, 4.69) is 0 Å². The zero-order valence-electron chi connectivity index (χ0n) is 11.5. The average molecular weight is 336 g/mol. The Bertz CT molecular complexity index is 688. The molecule has 1 aromatic carbocycles. The highest BCUT2D eigenvalue weighted by molar-refractivity contribution is 7.89. The molecular formula is C13H15ClFNO4S. The first-order valence-electron chi connectivity index (χ1n) is 6.36. The van der Waals surface area contributed by atoms with E-state index >= 15 is 0 Å². The van der Waals surface area contributed by atoms with E-state index in [-0.39, 0.29) is 17.0 Å². The van der Waals surface area contributed by atoms with Crippen LogP contribution in [0.5, 0.6) is 0 Å². The first-order valence-corrected chi connectivity index (χ1v) is 8.18. The van der Waals surface area contributed by atoms with E-state index in [4.69, 9.17) is 16.7 Å². The van der Waals surface area contributed by atoms with Crippen molar-refractivity contribution in [3.8, 4) is 0 Å². The summed E-state index contributed by atoms with van der Waals surface area (Å²) >= 11 is 5.72. The number of halogens is 2. The Morgan fingerprint density at radius 3 is 2.52 bits per heavy atom. The largest absolute Gasteiger partial charge is 0.478 e. The average Bonchev–Trinajstić information content (AvgIpc) is 3.23. The highest BCUT2D eigenvalue weighted by Gasteiger charge is 2.37. The molecule has 21 heavy (non-hydrogen) atoms. The van der Waals surface area contributed by atoms with Crippen LogP contribution in [0.25, 0.3) is 0 Å². The van der Waals surface area contributed by atoms with Crippen LogP contribution < -0.4 is 0 Å². The van der Waals surface area contributed by atoms with Crippen molar-refractivity contribution in [3.05, 3.63) is 28.5 Å². The van der Waals surface area contributed by atoms with Crippen LogP contribution in [0, 0.1) is 11.7 Å². The lowest BCUT2D eigenvalue weighted by molar-refractivity contribution is 0.0691. The van der Waals surface area contributed by atoms with Gasteiger partial charge in [0, 0.05) is 18.1 Å². The van der Waals surface area contributed by atoms with Crippen molar-refractivity contribution in [2.24, 2.45) is 5.92 Å². The molecule has 0 bridgehead atoms. The van der Waals surface area contributed by atoms with Gasteiger partial charge in [0.25, 0.3) is 0 Å². The maximum atomic E-state index is 14.2. The van der Waals surface area contributed by atoms with Crippen molar-refractivity contribution in [1.82, 2.24) is 4.31 Å². The van der Waals surface area contributed by atoms with Crippen LogP contribution in [0.4, 0.5) is 4.39 Å². The molecule has 1 aliphatic rings. The summed E-state index contributed by atoms with van der Waals surface area (Å²) in [5.74, 6) is -2.60. The van der Waals surface area contributed by atoms with Crippen LogP contribution in [0.2, 0.25) is 5.02 Å². The van der Waals surface area contributed by atoms with Crippen molar-refractivity contribution >= 4 is 27.6 Å². The molecule has 1 fully saturated rings. The molecule has 1 unspecified atom stereocenters. The lowest BCUT2D eigenvalue weighted by Crippen LogP contribution is -2.37. The minimum absolute atomic E-state index is 0.139. The van der Waals surface area contributed by atoms with Gasteiger partial charge < -0.3 is 5.11 Å². The summed E-state index contributed by atoms with van der Waals surface area (Å²) in [5, 5.41) is 8.78.